The van der Waals surface area contributed by atoms with Crippen LogP contribution in [0.4, 0.5) is 5.69 Å². The molecule has 5 nitrogen and oxygen atoms in total. The van der Waals surface area contributed by atoms with Crippen molar-refractivity contribution < 1.29 is 14.3 Å². The van der Waals surface area contributed by atoms with Crippen molar-refractivity contribution in [2.45, 2.75) is 20.3 Å². The second kappa shape index (κ2) is 10.5. The van der Waals surface area contributed by atoms with Gasteiger partial charge in [-0.1, -0.05) is 18.5 Å². The third-order valence-corrected chi connectivity index (χ3v) is 6.28. The van der Waals surface area contributed by atoms with Crippen LogP contribution in [0.1, 0.15) is 25.8 Å². The summed E-state index contributed by atoms with van der Waals surface area (Å²) in [7, 11) is 1.62. The molecule has 0 unspecified atom stereocenters. The summed E-state index contributed by atoms with van der Waals surface area (Å²) in [5.41, 5.74) is 1.64. The fourth-order valence-corrected chi connectivity index (χ4v) is 4.92. The summed E-state index contributed by atoms with van der Waals surface area (Å²) in [4.78, 5) is 20.1. The van der Waals surface area contributed by atoms with Crippen LogP contribution in [-0.2, 0) is 4.79 Å². The SMILES string of the molecule is CCCN1C(=O)/C(=C/c2cc(I)c(OC)c(OCC)c2)SC1=Nc1ccc(Cl)cc1. The Labute approximate surface area is 199 Å². The molecule has 3 rings (SSSR count). The van der Waals surface area contributed by atoms with Crippen LogP contribution in [0.15, 0.2) is 46.3 Å². The Morgan fingerprint density at radius 3 is 2.60 bits per heavy atom. The molecule has 30 heavy (non-hydrogen) atoms. The van der Waals surface area contributed by atoms with Crippen LogP contribution in [0.2, 0.25) is 5.02 Å². The van der Waals surface area contributed by atoms with Crippen LogP contribution in [0, 0.1) is 3.57 Å². The average molecular weight is 557 g/mol. The first kappa shape index (κ1) is 23.0. The second-order valence-electron chi connectivity index (χ2n) is 6.41. The highest BCUT2D eigenvalue weighted by Gasteiger charge is 2.32. The number of carbonyl (C=O) groups is 1. The first-order chi connectivity index (χ1) is 14.5. The lowest BCUT2D eigenvalue weighted by molar-refractivity contribution is -0.122. The summed E-state index contributed by atoms with van der Waals surface area (Å²) in [6, 6.07) is 11.1. The van der Waals surface area contributed by atoms with Gasteiger partial charge in [0.2, 0.25) is 0 Å². The summed E-state index contributed by atoms with van der Waals surface area (Å²) in [5.74, 6) is 1.32. The molecule has 2 aromatic rings. The Hall–Kier alpha value is -1.71. The van der Waals surface area contributed by atoms with Gasteiger partial charge in [0.05, 0.1) is 27.9 Å². The van der Waals surface area contributed by atoms with E-state index in [4.69, 9.17) is 21.1 Å². The highest BCUT2D eigenvalue weighted by molar-refractivity contribution is 14.1. The van der Waals surface area contributed by atoms with E-state index < -0.39 is 0 Å². The number of halogens is 2. The molecule has 2 aromatic carbocycles. The van der Waals surface area contributed by atoms with E-state index >= 15 is 0 Å². The number of thioether (sulfide) groups is 1. The van der Waals surface area contributed by atoms with Crippen molar-refractivity contribution in [2.75, 3.05) is 20.3 Å². The molecule has 1 amide bonds. The maximum Gasteiger partial charge on any atom is 0.266 e. The predicted molar refractivity (Wildman–Crippen MR) is 133 cm³/mol. The number of benzene rings is 2. The van der Waals surface area contributed by atoms with Crippen LogP contribution in [0.3, 0.4) is 0 Å². The van der Waals surface area contributed by atoms with Gasteiger partial charge in [-0.25, -0.2) is 4.99 Å². The minimum atomic E-state index is -0.0432. The van der Waals surface area contributed by atoms with Gasteiger partial charge in [-0.2, -0.15) is 0 Å². The van der Waals surface area contributed by atoms with Crippen molar-refractivity contribution in [1.82, 2.24) is 4.90 Å². The van der Waals surface area contributed by atoms with Crippen LogP contribution in [0.5, 0.6) is 11.5 Å². The Balaban J connectivity index is 1.97. The largest absolute Gasteiger partial charge is 0.492 e. The van der Waals surface area contributed by atoms with E-state index in [1.54, 1.807) is 24.1 Å². The zero-order chi connectivity index (χ0) is 21.7. The van der Waals surface area contributed by atoms with E-state index in [1.165, 1.54) is 11.8 Å². The lowest BCUT2D eigenvalue weighted by atomic mass is 10.2. The lowest BCUT2D eigenvalue weighted by Gasteiger charge is -2.14. The van der Waals surface area contributed by atoms with Crippen molar-refractivity contribution in [3.8, 4) is 11.5 Å². The maximum atomic E-state index is 13.1. The lowest BCUT2D eigenvalue weighted by Crippen LogP contribution is -2.29. The quantitative estimate of drug-likeness (QED) is 0.294. The van der Waals surface area contributed by atoms with Gasteiger partial charge in [0, 0.05) is 11.6 Å². The van der Waals surface area contributed by atoms with Crippen LogP contribution < -0.4 is 9.47 Å². The number of rotatable bonds is 7. The molecule has 1 heterocycles. The summed E-state index contributed by atoms with van der Waals surface area (Å²) in [6.45, 7) is 5.11. The summed E-state index contributed by atoms with van der Waals surface area (Å²) in [6.07, 6.45) is 2.72. The first-order valence-electron chi connectivity index (χ1n) is 9.52. The summed E-state index contributed by atoms with van der Waals surface area (Å²) >= 11 is 9.55. The van der Waals surface area contributed by atoms with Gasteiger partial charge >= 0.3 is 0 Å². The van der Waals surface area contributed by atoms with Crippen molar-refractivity contribution in [1.29, 1.82) is 0 Å². The van der Waals surface area contributed by atoms with Gasteiger partial charge in [-0.3, -0.25) is 9.69 Å². The molecular formula is C22H22ClIN2O3S. The summed E-state index contributed by atoms with van der Waals surface area (Å²) in [5, 5.41) is 1.32. The van der Waals surface area contributed by atoms with E-state index in [0.717, 1.165) is 21.2 Å². The maximum absolute atomic E-state index is 13.1. The minimum Gasteiger partial charge on any atom is -0.492 e. The van der Waals surface area contributed by atoms with Crippen molar-refractivity contribution in [2.24, 2.45) is 4.99 Å². The molecule has 158 valence electrons. The number of ether oxygens (including phenoxy) is 2. The number of amidine groups is 1. The van der Waals surface area contributed by atoms with Crippen LogP contribution in [-0.4, -0.2) is 36.2 Å². The first-order valence-corrected chi connectivity index (χ1v) is 11.8. The molecule has 1 saturated heterocycles. The molecule has 0 N–H and O–H groups in total. The molecule has 8 heteroatoms. The van der Waals surface area contributed by atoms with E-state index in [1.807, 2.05) is 44.2 Å². The number of carbonyl (C=O) groups excluding carboxylic acids is 1. The van der Waals surface area contributed by atoms with E-state index in [0.29, 0.717) is 39.7 Å². The highest BCUT2D eigenvalue weighted by Crippen LogP contribution is 2.38. The average Bonchev–Trinajstić information content (AvgIpc) is 2.99. The smallest absolute Gasteiger partial charge is 0.266 e. The number of hydrogen-bond acceptors (Lipinski definition) is 5. The topological polar surface area (TPSA) is 51.1 Å². The Kier molecular flexibility index (Phi) is 8.07. The van der Waals surface area contributed by atoms with Gasteiger partial charge in [-0.15, -0.1) is 0 Å². The van der Waals surface area contributed by atoms with E-state index in [-0.39, 0.29) is 5.91 Å². The van der Waals surface area contributed by atoms with Gasteiger partial charge in [-0.05, 0) is 95.7 Å². The van der Waals surface area contributed by atoms with E-state index in [9.17, 15) is 4.79 Å². The Bertz CT molecular complexity index is 993. The zero-order valence-electron chi connectivity index (χ0n) is 16.9. The molecule has 1 fully saturated rings. The van der Waals surface area contributed by atoms with Crippen molar-refractivity contribution >= 4 is 68.8 Å². The minimum absolute atomic E-state index is 0.0432. The number of amides is 1. The third-order valence-electron chi connectivity index (χ3n) is 4.22. The molecule has 0 atom stereocenters. The fourth-order valence-electron chi connectivity index (χ4n) is 2.92. The molecule has 0 bridgehead atoms. The highest BCUT2D eigenvalue weighted by atomic mass is 127. The monoisotopic (exact) mass is 556 g/mol. The normalized spacial score (nSPS) is 16.6. The van der Waals surface area contributed by atoms with Crippen LogP contribution >= 0.6 is 46.0 Å². The number of methoxy groups -OCH3 is 1. The second-order valence-corrected chi connectivity index (χ2v) is 9.01. The molecule has 1 aliphatic heterocycles. The van der Waals surface area contributed by atoms with Crippen molar-refractivity contribution in [3.63, 3.8) is 0 Å². The van der Waals surface area contributed by atoms with E-state index in [2.05, 4.69) is 27.6 Å². The molecule has 0 saturated carbocycles. The standard InChI is InChI=1S/C22H22ClIN2O3S/c1-4-10-26-21(27)19(30-22(26)25-16-8-6-15(23)7-9-16)13-14-11-17(24)20(28-3)18(12-14)29-5-2/h6-9,11-13H,4-5,10H2,1-3H3/b19-13-,25-22?. The summed E-state index contributed by atoms with van der Waals surface area (Å²) < 4.78 is 12.1. The molecule has 0 aromatic heterocycles. The molecular weight excluding hydrogens is 535 g/mol. The number of nitrogens with zero attached hydrogens (tertiary/aromatic N) is 2. The zero-order valence-corrected chi connectivity index (χ0v) is 20.7. The van der Waals surface area contributed by atoms with Gasteiger partial charge in [0.15, 0.2) is 16.7 Å². The number of aliphatic imine (C=N–C) groups is 1. The molecule has 0 aliphatic carbocycles. The molecule has 0 radical (unpaired) electrons. The Morgan fingerprint density at radius 2 is 1.97 bits per heavy atom. The predicted octanol–water partition coefficient (Wildman–Crippen LogP) is 6.37. The molecule has 0 spiro atoms. The van der Waals surface area contributed by atoms with Gasteiger partial charge in [0.1, 0.15) is 0 Å². The molecule has 1 aliphatic rings. The fraction of sp³-hybridized carbons (Fsp3) is 0.273. The third kappa shape index (κ3) is 5.31. The van der Waals surface area contributed by atoms with Gasteiger partial charge in [0.25, 0.3) is 5.91 Å². The number of hydrogen-bond donors (Lipinski definition) is 0. The Morgan fingerprint density at radius 1 is 1.23 bits per heavy atom. The van der Waals surface area contributed by atoms with Crippen molar-refractivity contribution in [3.05, 3.63) is 55.5 Å². The van der Waals surface area contributed by atoms with Crippen LogP contribution in [0.25, 0.3) is 6.08 Å². The van der Waals surface area contributed by atoms with Gasteiger partial charge < -0.3 is 9.47 Å².